The van der Waals surface area contributed by atoms with E-state index >= 15 is 0 Å². The fraction of sp³-hybridized carbons (Fsp3) is 0.840. The molecule has 0 aromatic heterocycles. The first-order valence-electron chi connectivity index (χ1n) is 12.6. The maximum Gasteiger partial charge on any atom is 0.331 e. The van der Waals surface area contributed by atoms with Crippen LogP contribution in [-0.4, -0.2) is 69.7 Å². The summed E-state index contributed by atoms with van der Waals surface area (Å²) in [6.07, 6.45) is 8.88. The summed E-state index contributed by atoms with van der Waals surface area (Å²) in [7, 11) is 0. The van der Waals surface area contributed by atoms with Crippen molar-refractivity contribution < 1.29 is 30.0 Å². The van der Waals surface area contributed by atoms with Crippen molar-refractivity contribution in [3.8, 4) is 0 Å². The zero-order valence-electron chi connectivity index (χ0n) is 19.5. The first-order chi connectivity index (χ1) is 15.7. The Kier molecular flexibility index (Phi) is 5.67. The van der Waals surface area contributed by atoms with Crippen LogP contribution in [0.15, 0.2) is 16.8 Å². The maximum absolute atomic E-state index is 12.3. The Bertz CT molecular complexity index is 862. The Balaban J connectivity index is 1.50. The molecule has 8 nitrogen and oxygen atoms in total. The molecular formula is C25H38N2O6. The van der Waals surface area contributed by atoms with E-state index in [1.54, 1.807) is 6.08 Å². The Morgan fingerprint density at radius 1 is 1.15 bits per heavy atom. The fourth-order valence-electron chi connectivity index (χ4n) is 8.64. The van der Waals surface area contributed by atoms with Crippen molar-refractivity contribution in [1.29, 1.82) is 0 Å². The molecule has 184 valence electrons. The second-order valence-corrected chi connectivity index (χ2v) is 11.4. The lowest BCUT2D eigenvalue weighted by Gasteiger charge is -2.65. The molecule has 0 aromatic carbocycles. The van der Waals surface area contributed by atoms with Crippen LogP contribution in [0, 0.1) is 28.6 Å². The molecule has 8 atom stereocenters. The van der Waals surface area contributed by atoms with Gasteiger partial charge in [-0.25, -0.2) is 4.79 Å². The molecule has 1 heterocycles. The van der Waals surface area contributed by atoms with Crippen LogP contribution in [0.2, 0.25) is 0 Å². The van der Waals surface area contributed by atoms with E-state index in [4.69, 9.17) is 9.84 Å². The first-order valence-corrected chi connectivity index (χ1v) is 12.6. The van der Waals surface area contributed by atoms with Crippen molar-refractivity contribution in [3.05, 3.63) is 11.6 Å². The predicted molar refractivity (Wildman–Crippen MR) is 121 cm³/mol. The van der Waals surface area contributed by atoms with Crippen molar-refractivity contribution in [1.82, 2.24) is 5.43 Å². The van der Waals surface area contributed by atoms with E-state index in [-0.39, 0.29) is 35.7 Å². The van der Waals surface area contributed by atoms with Gasteiger partial charge < -0.3 is 30.6 Å². The van der Waals surface area contributed by atoms with Crippen molar-refractivity contribution in [2.45, 2.75) is 82.0 Å². The number of rotatable bonds is 5. The summed E-state index contributed by atoms with van der Waals surface area (Å²) < 4.78 is 5.20. The van der Waals surface area contributed by atoms with Crippen LogP contribution in [0.4, 0.5) is 0 Å². The third-order valence-electron chi connectivity index (χ3n) is 10.2. The number of aliphatic hydroxyl groups is 4. The summed E-state index contributed by atoms with van der Waals surface area (Å²) in [5.74, 6) is -0.0955. The van der Waals surface area contributed by atoms with Gasteiger partial charge in [-0.05, 0) is 74.7 Å². The van der Waals surface area contributed by atoms with Crippen LogP contribution in [0.1, 0.15) is 64.7 Å². The van der Waals surface area contributed by atoms with Crippen molar-refractivity contribution in [3.63, 3.8) is 0 Å². The highest BCUT2D eigenvalue weighted by atomic mass is 16.5. The third kappa shape index (κ3) is 3.24. The minimum Gasteiger partial charge on any atom is -0.458 e. The van der Waals surface area contributed by atoms with Gasteiger partial charge in [0.2, 0.25) is 0 Å². The summed E-state index contributed by atoms with van der Waals surface area (Å²) in [5, 5.41) is 48.1. The topological polar surface area (TPSA) is 132 Å². The molecule has 5 N–H and O–H groups in total. The molecule has 0 aromatic rings. The predicted octanol–water partition coefficient (Wildman–Crippen LogP) is 1.27. The summed E-state index contributed by atoms with van der Waals surface area (Å²) in [6, 6.07) is 0. The molecule has 8 heteroatoms. The quantitative estimate of drug-likeness (QED) is 0.180. The largest absolute Gasteiger partial charge is 0.458 e. The van der Waals surface area contributed by atoms with E-state index in [1.807, 2.05) is 6.21 Å². The molecule has 5 aliphatic rings. The number of cyclic esters (lactones) is 1. The Morgan fingerprint density at radius 3 is 2.67 bits per heavy atom. The molecule has 4 saturated carbocycles. The summed E-state index contributed by atoms with van der Waals surface area (Å²) in [6.45, 7) is 2.82. The SMILES string of the molecule is CC12CCC3C(CCC4(O)CC(O)CC[C@]34/C=N/NCCO)C1(O)CCC2C1=CC(=O)OC1. The highest BCUT2D eigenvalue weighted by Crippen LogP contribution is 2.70. The Hall–Kier alpha value is -1.48. The molecule has 4 aliphatic carbocycles. The van der Waals surface area contributed by atoms with Gasteiger partial charge in [-0.15, -0.1) is 0 Å². The van der Waals surface area contributed by atoms with E-state index in [2.05, 4.69) is 17.5 Å². The average molecular weight is 463 g/mol. The second kappa shape index (κ2) is 8.04. The molecule has 1 aliphatic heterocycles. The maximum atomic E-state index is 12.3. The average Bonchev–Trinajstić information content (AvgIpc) is 3.31. The number of fused-ring (bicyclic) bond motifs is 5. The monoisotopic (exact) mass is 462 g/mol. The molecule has 0 amide bonds. The van der Waals surface area contributed by atoms with Crippen molar-refractivity contribution in [2.75, 3.05) is 19.8 Å². The molecular weight excluding hydrogens is 424 g/mol. The zero-order valence-corrected chi connectivity index (χ0v) is 19.5. The molecule has 0 saturated heterocycles. The molecule has 33 heavy (non-hydrogen) atoms. The normalized spacial score (nSPS) is 49.2. The number of aliphatic hydroxyl groups excluding tert-OH is 2. The highest BCUT2D eigenvalue weighted by Gasteiger charge is 2.71. The van der Waals surface area contributed by atoms with Gasteiger partial charge in [-0.1, -0.05) is 6.92 Å². The zero-order chi connectivity index (χ0) is 23.5. The number of nitrogens with zero attached hydrogens (tertiary/aromatic N) is 1. The lowest BCUT2D eigenvalue weighted by molar-refractivity contribution is -0.237. The van der Waals surface area contributed by atoms with Crippen LogP contribution in [0.3, 0.4) is 0 Å². The van der Waals surface area contributed by atoms with Crippen LogP contribution in [0.5, 0.6) is 0 Å². The van der Waals surface area contributed by atoms with E-state index in [9.17, 15) is 20.1 Å². The van der Waals surface area contributed by atoms with Gasteiger partial charge in [0.15, 0.2) is 0 Å². The molecule has 0 radical (unpaired) electrons. The second-order valence-electron chi connectivity index (χ2n) is 11.4. The number of nitrogens with one attached hydrogen (secondary N) is 1. The number of carbonyl (C=O) groups is 1. The summed E-state index contributed by atoms with van der Waals surface area (Å²) >= 11 is 0. The minimum atomic E-state index is -1.06. The Labute approximate surface area is 195 Å². The van der Waals surface area contributed by atoms with Crippen LogP contribution >= 0.6 is 0 Å². The molecule has 4 fully saturated rings. The van der Waals surface area contributed by atoms with Gasteiger partial charge in [0.25, 0.3) is 0 Å². The number of ether oxygens (including phenoxy) is 1. The summed E-state index contributed by atoms with van der Waals surface area (Å²) in [5.41, 5.74) is 0.968. The van der Waals surface area contributed by atoms with Crippen LogP contribution in [0.25, 0.3) is 0 Å². The first kappa shape index (κ1) is 23.3. The molecule has 0 spiro atoms. The molecule has 5 rings (SSSR count). The fourth-order valence-corrected chi connectivity index (χ4v) is 8.64. The number of esters is 1. The molecule has 7 unspecified atom stereocenters. The van der Waals surface area contributed by atoms with Crippen LogP contribution < -0.4 is 5.43 Å². The number of hydrazone groups is 1. The number of carbonyl (C=O) groups excluding carboxylic acids is 1. The smallest absolute Gasteiger partial charge is 0.331 e. The van der Waals surface area contributed by atoms with Crippen LogP contribution in [-0.2, 0) is 9.53 Å². The van der Waals surface area contributed by atoms with E-state index in [0.29, 0.717) is 51.7 Å². The van der Waals surface area contributed by atoms with Gasteiger partial charge in [0.1, 0.15) is 6.61 Å². The number of hydrogen-bond acceptors (Lipinski definition) is 8. The number of hydrogen-bond donors (Lipinski definition) is 5. The third-order valence-corrected chi connectivity index (χ3v) is 10.2. The standard InChI is InChI=1S/C25H38N2O6/c1-22-6-3-19-20(25(22,32)9-5-18(22)16-12-21(30)33-14-16)4-8-24(31)13-17(29)2-7-23(19,24)15-27-26-10-11-28/h12,15,17-20,26,28-29,31-32H,2-11,13-14H2,1H3/b27-15+/t17?,18?,19?,20?,22?,23-,24?,25?/m0/s1. The van der Waals surface area contributed by atoms with E-state index < -0.39 is 22.7 Å². The van der Waals surface area contributed by atoms with Crippen molar-refractivity contribution in [2.24, 2.45) is 33.7 Å². The molecule has 0 bridgehead atoms. The van der Waals surface area contributed by atoms with Gasteiger partial charge >= 0.3 is 5.97 Å². The van der Waals surface area contributed by atoms with Gasteiger partial charge in [0, 0.05) is 29.5 Å². The van der Waals surface area contributed by atoms with Crippen molar-refractivity contribution >= 4 is 12.2 Å². The van der Waals surface area contributed by atoms with Gasteiger partial charge in [0.05, 0.1) is 30.5 Å². The highest BCUT2D eigenvalue weighted by molar-refractivity contribution is 5.85. The lowest BCUT2D eigenvalue weighted by atomic mass is 9.41. The van der Waals surface area contributed by atoms with Gasteiger partial charge in [-0.3, -0.25) is 0 Å². The summed E-state index contributed by atoms with van der Waals surface area (Å²) in [4.78, 5) is 11.7. The van der Waals surface area contributed by atoms with E-state index in [1.165, 1.54) is 0 Å². The minimum absolute atomic E-state index is 0.0136. The Morgan fingerprint density at radius 2 is 1.94 bits per heavy atom. The van der Waals surface area contributed by atoms with E-state index in [0.717, 1.165) is 24.8 Å². The lowest BCUT2D eigenvalue weighted by Crippen LogP contribution is -2.68. The van der Waals surface area contributed by atoms with Gasteiger partial charge in [-0.2, -0.15) is 5.10 Å².